The number of nitrogens with two attached hydrogens (primary N) is 3. The highest BCUT2D eigenvalue weighted by Crippen LogP contribution is 2.53. The van der Waals surface area contributed by atoms with E-state index in [1.807, 2.05) is 287 Å². The highest BCUT2D eigenvalue weighted by Gasteiger charge is 2.58. The lowest BCUT2D eigenvalue weighted by Gasteiger charge is -2.52. The Hall–Kier alpha value is -9.71. The predicted octanol–water partition coefficient (Wildman–Crippen LogP) is 16.6. The van der Waals surface area contributed by atoms with Crippen LogP contribution in [0.3, 0.4) is 0 Å². The number of aliphatic hydroxyl groups is 8. The normalized spacial score (nSPS) is 17.1. The van der Waals surface area contributed by atoms with Gasteiger partial charge in [-0.1, -0.05) is 363 Å². The summed E-state index contributed by atoms with van der Waals surface area (Å²) in [5.41, 5.74) is 24.8. The van der Waals surface area contributed by atoms with Crippen molar-refractivity contribution in [3.05, 3.63) is 395 Å². The maximum Gasteiger partial charge on any atom is 0.207 e. The van der Waals surface area contributed by atoms with E-state index in [4.69, 9.17) is 36.1 Å². The number of hydrogen-bond acceptors (Lipinski definition) is 16. The molecule has 0 spiro atoms. The number of amides is 1. The molecule has 0 aliphatic carbocycles. The van der Waals surface area contributed by atoms with Gasteiger partial charge in [0.2, 0.25) is 6.41 Å². The van der Waals surface area contributed by atoms with Gasteiger partial charge in [0.15, 0.2) is 0 Å². The molecule has 0 fully saturated rings. The van der Waals surface area contributed by atoms with Crippen LogP contribution in [0.4, 0.5) is 0 Å². The molecule has 11 aromatic carbocycles. The molecule has 0 radical (unpaired) electrons. The van der Waals surface area contributed by atoms with Crippen molar-refractivity contribution in [2.45, 2.75) is 195 Å². The van der Waals surface area contributed by atoms with Gasteiger partial charge in [0.05, 0.1) is 47.2 Å². The lowest BCUT2D eigenvalue weighted by molar-refractivity contribution is -0.168. The van der Waals surface area contributed by atoms with Gasteiger partial charge < -0.3 is 82.3 Å². The molecule has 17 heteroatoms. The summed E-state index contributed by atoms with van der Waals surface area (Å²) >= 11 is 0. The Bertz CT molecular complexity index is 4530. The number of benzene rings is 11. The smallest absolute Gasteiger partial charge is 0.207 e. The molecule has 0 aliphatic heterocycles. The number of nitrogens with one attached hydrogen (secondary N) is 1. The van der Waals surface area contributed by atoms with Crippen molar-refractivity contribution in [3.8, 4) is 0 Å². The van der Waals surface area contributed by atoms with Gasteiger partial charge >= 0.3 is 0 Å². The molecule has 11 rings (SSSR count). The number of carbonyl (C=O) groups is 1. The van der Waals surface area contributed by atoms with Crippen LogP contribution >= 0.6 is 0 Å². The first kappa shape index (κ1) is 98.1. The number of hydrogen-bond donors (Lipinski definition) is 12. The number of ether oxygens (including phenoxy) is 4. The van der Waals surface area contributed by atoms with Crippen molar-refractivity contribution in [3.63, 3.8) is 0 Å². The fourth-order valence-corrected chi connectivity index (χ4v) is 17.6. The minimum atomic E-state index is -1.80. The third-order valence-electron chi connectivity index (χ3n) is 23.4. The van der Waals surface area contributed by atoms with Crippen LogP contribution in [-0.4, -0.2) is 123 Å². The molecule has 0 aromatic heterocycles. The molecular weight excluding hydrogens is 1490 g/mol. The summed E-state index contributed by atoms with van der Waals surface area (Å²) in [6, 6.07) is 104. The van der Waals surface area contributed by atoms with Gasteiger partial charge in [-0.05, 0) is 108 Å². The summed E-state index contributed by atoms with van der Waals surface area (Å²) in [4.78, 5) is 12.5. The summed E-state index contributed by atoms with van der Waals surface area (Å²) in [6.45, 7) is 4.89. The van der Waals surface area contributed by atoms with E-state index in [0.717, 1.165) is 33.4 Å². The second-order valence-corrected chi connectivity index (χ2v) is 30.4. The Morgan fingerprint density at radius 3 is 1.10 bits per heavy atom. The van der Waals surface area contributed by atoms with Gasteiger partial charge in [-0.25, -0.2) is 0 Å². The molecule has 15 N–H and O–H groups in total. The first-order valence-electron chi connectivity index (χ1n) is 39.6. The zero-order valence-corrected chi connectivity index (χ0v) is 66.0. The van der Waals surface area contributed by atoms with E-state index in [2.05, 4.69) is 29.6 Å². The van der Waals surface area contributed by atoms with Crippen molar-refractivity contribution in [2.24, 2.45) is 17.2 Å². The summed E-state index contributed by atoms with van der Waals surface area (Å²) in [5.74, 6) is -3.72. The molecule has 1 amide bonds. The second kappa shape index (κ2) is 47.9. The Morgan fingerprint density at radius 2 is 0.714 bits per heavy atom. The lowest BCUT2D eigenvalue weighted by Crippen LogP contribution is -2.66. The Balaban J connectivity index is 0.000000366. The van der Waals surface area contributed by atoms with Gasteiger partial charge in [0, 0.05) is 59.9 Å². The molecule has 0 saturated carbocycles. The first-order chi connectivity index (χ1) is 55.8. The monoisotopic (exact) mass is 1620 g/mol. The molecule has 0 heterocycles. The SMILES string of the molecule is C.C.C.C.CC(N)C(c1ccccc1)C(OCO)C(c1ccccc1)C(O)C(c1ccccc1)C(N)C(CC(N)(c1ccccc1)C(O)C(C)(NC=O)c1ccccc1)(OCO)c1ccccc1.CC(O)C(CC(CC(c1ccccc1)C(O)C(CC(c1ccccc1)C(C)OCO)c1ccccc1)(OCO)c1ccccc1)c1ccccc1. The molecule has 0 bridgehead atoms. The van der Waals surface area contributed by atoms with Crippen molar-refractivity contribution >= 4 is 6.41 Å². The van der Waals surface area contributed by atoms with Gasteiger partial charge in [0.1, 0.15) is 38.9 Å². The number of carbonyl (C=O) groups excluding carboxylic acids is 1. The van der Waals surface area contributed by atoms with Crippen LogP contribution in [-0.2, 0) is 46.0 Å². The standard InChI is InChI=1S/C53H62N4O7.C45H52O6.4CH4/c1-37(54)44(38-21-9-3-10-22-38)48(63-35-59)45(39-23-11-4-12-24-39)47(61)46(40-25-13-5-14-26-40)49(55)53(64-36-60,43-31-19-8-20-32-43)33-52(56,42-29-17-7-18-30-42)50(62)51(2,57-34-58)41-27-15-6-16-28-41;1-33(48)42(37-22-12-5-13-23-37)29-45(51-32-47,39-26-16-7-17-27-39)30-43(38-24-14-6-15-25-38)44(49)41(36-20-10-4-11-21-36)28-40(34(2)50-31-46)35-18-8-3-9-19-35;;;;/h3-32,34,37,44-50,59-62H,33,35-36,54-56H2,1-2H3,(H,57,58);3-27,33-34,40-44,46-49H,28-32H2,1-2H3;4*1H4. The fraction of sp³-hybridized carbons (Fsp3) is 0.343. The average molecular weight is 1620 g/mol. The van der Waals surface area contributed by atoms with Crippen molar-refractivity contribution in [2.75, 3.05) is 27.2 Å². The van der Waals surface area contributed by atoms with E-state index in [1.54, 1.807) is 50.2 Å². The number of rotatable bonds is 42. The van der Waals surface area contributed by atoms with Crippen molar-refractivity contribution in [1.29, 1.82) is 0 Å². The quantitative estimate of drug-likeness (QED) is 0.0125. The van der Waals surface area contributed by atoms with Gasteiger partial charge in [0.25, 0.3) is 0 Å². The van der Waals surface area contributed by atoms with Gasteiger partial charge in [-0.15, -0.1) is 0 Å². The molecule has 0 aliphatic rings. The lowest BCUT2D eigenvalue weighted by atomic mass is 9.62. The van der Waals surface area contributed by atoms with Crippen LogP contribution in [0.25, 0.3) is 0 Å². The molecule has 636 valence electrons. The first-order valence-corrected chi connectivity index (χ1v) is 39.6. The molecule has 19 atom stereocenters. The van der Waals surface area contributed by atoms with Gasteiger partial charge in [-0.3, -0.25) is 4.79 Å². The van der Waals surface area contributed by atoms with E-state index in [0.29, 0.717) is 53.5 Å². The Morgan fingerprint density at radius 1 is 0.378 bits per heavy atom. The Labute approximate surface area is 707 Å². The van der Waals surface area contributed by atoms with Crippen molar-refractivity contribution in [1.82, 2.24) is 5.32 Å². The van der Waals surface area contributed by atoms with Gasteiger partial charge in [-0.2, -0.15) is 0 Å². The molecule has 0 saturated heterocycles. The molecule has 11 aromatic rings. The van der Waals surface area contributed by atoms with E-state index < -0.39 is 116 Å². The summed E-state index contributed by atoms with van der Waals surface area (Å²) in [6.07, 6.45) is -4.35. The highest BCUT2D eigenvalue weighted by atomic mass is 16.6. The van der Waals surface area contributed by atoms with Crippen LogP contribution < -0.4 is 22.5 Å². The van der Waals surface area contributed by atoms with Crippen LogP contribution in [0.1, 0.15) is 186 Å². The largest absolute Gasteiger partial charge is 0.393 e. The third kappa shape index (κ3) is 23.9. The van der Waals surface area contributed by atoms with Crippen molar-refractivity contribution < 1.29 is 64.6 Å². The predicted molar refractivity (Wildman–Crippen MR) is 478 cm³/mol. The maximum atomic E-state index is 13.5. The second-order valence-electron chi connectivity index (χ2n) is 30.4. The Kier molecular flexibility index (Phi) is 39.5. The summed E-state index contributed by atoms with van der Waals surface area (Å²) in [5, 5.41) is 95.7. The van der Waals surface area contributed by atoms with Crippen LogP contribution in [0.5, 0.6) is 0 Å². The fourth-order valence-electron chi connectivity index (χ4n) is 17.6. The minimum absolute atomic E-state index is 0. The van der Waals surface area contributed by atoms with E-state index in [-0.39, 0.29) is 60.0 Å². The molecular formula is C102H130N4O13. The van der Waals surface area contributed by atoms with E-state index >= 15 is 0 Å². The maximum absolute atomic E-state index is 13.5. The third-order valence-corrected chi connectivity index (χ3v) is 23.4. The van der Waals surface area contributed by atoms with E-state index in [1.165, 1.54) is 0 Å². The molecule has 17 nitrogen and oxygen atoms in total. The highest BCUT2D eigenvalue weighted by molar-refractivity contribution is 5.51. The van der Waals surface area contributed by atoms with Crippen LogP contribution in [0.2, 0.25) is 0 Å². The zero-order chi connectivity index (χ0) is 81.8. The molecule has 19 unspecified atom stereocenters. The zero-order valence-electron chi connectivity index (χ0n) is 66.0. The minimum Gasteiger partial charge on any atom is -0.393 e. The van der Waals surface area contributed by atoms with Crippen LogP contribution in [0, 0.1) is 0 Å². The van der Waals surface area contributed by atoms with E-state index in [9.17, 15) is 45.6 Å². The average Bonchev–Trinajstić information content (AvgIpc) is 0.727. The summed E-state index contributed by atoms with van der Waals surface area (Å²) in [7, 11) is 0. The molecule has 119 heavy (non-hydrogen) atoms. The summed E-state index contributed by atoms with van der Waals surface area (Å²) < 4.78 is 25.3. The van der Waals surface area contributed by atoms with Crippen LogP contribution in [0.15, 0.2) is 334 Å². The number of aliphatic hydroxyl groups excluding tert-OH is 8. The topological polar surface area (TPSA) is 306 Å².